The van der Waals surface area contributed by atoms with Crippen molar-refractivity contribution in [1.82, 2.24) is 9.97 Å². The summed E-state index contributed by atoms with van der Waals surface area (Å²) < 4.78 is 0. The minimum Gasteiger partial charge on any atom is -0.356 e. The maximum absolute atomic E-state index is 11.7. The van der Waals surface area contributed by atoms with E-state index in [1.165, 1.54) is 12.8 Å². The molecule has 0 atom stereocenters. The first-order chi connectivity index (χ1) is 13.2. The van der Waals surface area contributed by atoms with Crippen LogP contribution in [0.5, 0.6) is 0 Å². The molecule has 0 spiro atoms. The highest BCUT2D eigenvalue weighted by molar-refractivity contribution is 5.95. The highest BCUT2D eigenvalue weighted by Crippen LogP contribution is 2.27. The number of carbonyl (C=O) groups is 1. The lowest BCUT2D eigenvalue weighted by molar-refractivity contribution is 0.101. The Labute approximate surface area is 159 Å². The molecule has 2 aromatic carbocycles. The second-order valence-corrected chi connectivity index (χ2v) is 6.76. The zero-order valence-electron chi connectivity index (χ0n) is 15.4. The number of nitrogens with one attached hydrogen (secondary N) is 1. The van der Waals surface area contributed by atoms with Crippen LogP contribution in [-0.2, 0) is 0 Å². The van der Waals surface area contributed by atoms with Crippen LogP contribution < -0.4 is 10.2 Å². The predicted molar refractivity (Wildman–Crippen MR) is 109 cm³/mol. The summed E-state index contributed by atoms with van der Waals surface area (Å²) in [6, 6.07) is 19.6. The minimum atomic E-state index is 0.0374. The van der Waals surface area contributed by atoms with Crippen LogP contribution in [-0.4, -0.2) is 28.8 Å². The van der Waals surface area contributed by atoms with E-state index in [2.05, 4.69) is 28.4 Å². The molecule has 0 bridgehead atoms. The number of hydrogen-bond donors (Lipinski definition) is 1. The van der Waals surface area contributed by atoms with E-state index in [0.29, 0.717) is 11.5 Å². The van der Waals surface area contributed by atoms with Gasteiger partial charge in [0.1, 0.15) is 5.82 Å². The Morgan fingerprint density at radius 2 is 1.74 bits per heavy atom. The number of hydrogen-bond acceptors (Lipinski definition) is 5. The van der Waals surface area contributed by atoms with Crippen molar-refractivity contribution in [1.29, 1.82) is 0 Å². The Kier molecular flexibility index (Phi) is 4.83. The van der Waals surface area contributed by atoms with Gasteiger partial charge in [-0.3, -0.25) is 4.79 Å². The van der Waals surface area contributed by atoms with Crippen molar-refractivity contribution in [3.05, 3.63) is 66.2 Å². The van der Waals surface area contributed by atoms with Gasteiger partial charge in [-0.1, -0.05) is 42.5 Å². The largest absolute Gasteiger partial charge is 0.356 e. The third-order valence-corrected chi connectivity index (χ3v) is 4.74. The van der Waals surface area contributed by atoms with Crippen LogP contribution in [0.3, 0.4) is 0 Å². The quantitative estimate of drug-likeness (QED) is 0.671. The molecule has 0 unspecified atom stereocenters. The van der Waals surface area contributed by atoms with E-state index in [0.717, 1.165) is 35.9 Å². The first-order valence-electron chi connectivity index (χ1n) is 9.26. The van der Waals surface area contributed by atoms with E-state index < -0.39 is 0 Å². The van der Waals surface area contributed by atoms with Gasteiger partial charge in [-0.15, -0.1) is 0 Å². The van der Waals surface area contributed by atoms with Crippen molar-refractivity contribution in [2.24, 2.45) is 0 Å². The average Bonchev–Trinajstić information content (AvgIpc) is 3.23. The highest BCUT2D eigenvalue weighted by Gasteiger charge is 2.16. The molecule has 0 radical (unpaired) electrons. The summed E-state index contributed by atoms with van der Waals surface area (Å²) in [6.45, 7) is 3.60. The minimum absolute atomic E-state index is 0.0374. The maximum atomic E-state index is 11.7. The SMILES string of the molecule is CC(=O)c1cccc(Nc2nc(-c3ccccc3)cc(N3CCCC3)n2)c1. The fourth-order valence-corrected chi connectivity index (χ4v) is 3.30. The molecule has 27 heavy (non-hydrogen) atoms. The average molecular weight is 358 g/mol. The van der Waals surface area contributed by atoms with Crippen molar-refractivity contribution in [2.75, 3.05) is 23.3 Å². The first-order valence-corrected chi connectivity index (χ1v) is 9.26. The Hall–Kier alpha value is -3.21. The van der Waals surface area contributed by atoms with Crippen molar-refractivity contribution in [3.8, 4) is 11.3 Å². The van der Waals surface area contributed by atoms with Gasteiger partial charge in [0.05, 0.1) is 5.69 Å². The molecule has 3 aromatic rings. The van der Waals surface area contributed by atoms with Crippen LogP contribution in [0.25, 0.3) is 11.3 Å². The summed E-state index contributed by atoms with van der Waals surface area (Å²) in [5, 5.41) is 3.27. The number of Topliss-reactive ketones (excluding diaryl/α,β-unsaturated/α-hetero) is 1. The number of aromatic nitrogens is 2. The van der Waals surface area contributed by atoms with Crippen LogP contribution in [0, 0.1) is 0 Å². The molecule has 0 saturated carbocycles. The zero-order valence-corrected chi connectivity index (χ0v) is 15.4. The van der Waals surface area contributed by atoms with Gasteiger partial charge in [-0.2, -0.15) is 4.98 Å². The van der Waals surface area contributed by atoms with Crippen LogP contribution in [0.2, 0.25) is 0 Å². The molecule has 5 nitrogen and oxygen atoms in total. The second kappa shape index (κ2) is 7.58. The molecule has 1 saturated heterocycles. The molecule has 136 valence electrons. The summed E-state index contributed by atoms with van der Waals surface area (Å²) >= 11 is 0. The monoisotopic (exact) mass is 358 g/mol. The molecule has 1 aliphatic heterocycles. The molecule has 1 N–H and O–H groups in total. The summed E-state index contributed by atoms with van der Waals surface area (Å²) in [5.74, 6) is 1.51. The number of carbonyl (C=O) groups excluding carboxylic acids is 1. The number of rotatable bonds is 5. The molecule has 1 fully saturated rings. The van der Waals surface area contributed by atoms with E-state index in [9.17, 15) is 4.79 Å². The van der Waals surface area contributed by atoms with Crippen molar-refractivity contribution in [3.63, 3.8) is 0 Å². The van der Waals surface area contributed by atoms with E-state index in [-0.39, 0.29) is 5.78 Å². The van der Waals surface area contributed by atoms with Gasteiger partial charge in [0, 0.05) is 36.0 Å². The molecular formula is C22H22N4O. The van der Waals surface area contributed by atoms with Gasteiger partial charge in [0.25, 0.3) is 0 Å². The highest BCUT2D eigenvalue weighted by atomic mass is 16.1. The van der Waals surface area contributed by atoms with Crippen LogP contribution in [0.15, 0.2) is 60.7 Å². The number of benzene rings is 2. The van der Waals surface area contributed by atoms with E-state index >= 15 is 0 Å². The van der Waals surface area contributed by atoms with Gasteiger partial charge in [-0.25, -0.2) is 4.98 Å². The molecular weight excluding hydrogens is 336 g/mol. The fraction of sp³-hybridized carbons (Fsp3) is 0.227. The lowest BCUT2D eigenvalue weighted by Crippen LogP contribution is -2.19. The van der Waals surface area contributed by atoms with Crippen molar-refractivity contribution < 1.29 is 4.79 Å². The molecule has 0 aliphatic carbocycles. The van der Waals surface area contributed by atoms with Gasteiger partial charge in [0.2, 0.25) is 5.95 Å². The van der Waals surface area contributed by atoms with E-state index in [1.54, 1.807) is 6.92 Å². The Balaban J connectivity index is 1.71. The number of ketones is 1. The molecule has 5 heteroatoms. The maximum Gasteiger partial charge on any atom is 0.229 e. The van der Waals surface area contributed by atoms with Crippen LogP contribution >= 0.6 is 0 Å². The topological polar surface area (TPSA) is 58.1 Å². The Bertz CT molecular complexity index is 950. The molecule has 2 heterocycles. The Morgan fingerprint density at radius 1 is 0.963 bits per heavy atom. The lowest BCUT2D eigenvalue weighted by Gasteiger charge is -2.18. The van der Waals surface area contributed by atoms with Gasteiger partial charge in [0.15, 0.2) is 5.78 Å². The smallest absolute Gasteiger partial charge is 0.229 e. The third kappa shape index (κ3) is 3.97. The number of anilines is 3. The standard InChI is InChI=1S/C22H22N4O/c1-16(27)18-10-7-11-19(14-18)23-22-24-20(17-8-3-2-4-9-17)15-21(25-22)26-12-5-6-13-26/h2-4,7-11,14-15H,5-6,12-13H2,1H3,(H,23,24,25). The third-order valence-electron chi connectivity index (χ3n) is 4.74. The lowest BCUT2D eigenvalue weighted by atomic mass is 10.1. The fourth-order valence-electron chi connectivity index (χ4n) is 3.30. The van der Waals surface area contributed by atoms with Gasteiger partial charge >= 0.3 is 0 Å². The second-order valence-electron chi connectivity index (χ2n) is 6.76. The van der Waals surface area contributed by atoms with Gasteiger partial charge in [-0.05, 0) is 31.9 Å². The van der Waals surface area contributed by atoms with Gasteiger partial charge < -0.3 is 10.2 Å². The van der Waals surface area contributed by atoms with Crippen molar-refractivity contribution >= 4 is 23.2 Å². The normalized spacial score (nSPS) is 13.6. The van der Waals surface area contributed by atoms with E-state index in [1.807, 2.05) is 42.5 Å². The molecule has 4 rings (SSSR count). The zero-order chi connectivity index (χ0) is 18.6. The molecule has 1 aliphatic rings. The van der Waals surface area contributed by atoms with Crippen LogP contribution in [0.4, 0.5) is 17.5 Å². The first kappa shape index (κ1) is 17.2. The van der Waals surface area contributed by atoms with E-state index in [4.69, 9.17) is 9.97 Å². The van der Waals surface area contributed by atoms with Crippen molar-refractivity contribution in [2.45, 2.75) is 19.8 Å². The summed E-state index contributed by atoms with van der Waals surface area (Å²) in [6.07, 6.45) is 2.38. The summed E-state index contributed by atoms with van der Waals surface area (Å²) in [4.78, 5) is 23.4. The predicted octanol–water partition coefficient (Wildman–Crippen LogP) is 4.69. The summed E-state index contributed by atoms with van der Waals surface area (Å²) in [7, 11) is 0. The molecule has 0 amide bonds. The molecule has 1 aromatic heterocycles. The Morgan fingerprint density at radius 3 is 2.48 bits per heavy atom. The van der Waals surface area contributed by atoms with Crippen LogP contribution in [0.1, 0.15) is 30.1 Å². The number of nitrogens with zero attached hydrogens (tertiary/aromatic N) is 3. The summed E-state index contributed by atoms with van der Waals surface area (Å²) in [5.41, 5.74) is 3.41.